The lowest BCUT2D eigenvalue weighted by Gasteiger charge is -2.32. The van der Waals surface area contributed by atoms with Crippen molar-refractivity contribution >= 4 is 9.84 Å². The van der Waals surface area contributed by atoms with E-state index in [0.717, 1.165) is 0 Å². The molecule has 15 heteroatoms. The third-order valence-corrected chi connectivity index (χ3v) is 3.88. The van der Waals surface area contributed by atoms with Crippen LogP contribution in [0.2, 0.25) is 0 Å². The second-order valence-electron chi connectivity index (χ2n) is 3.11. The molecule has 0 aromatic heterocycles. The van der Waals surface area contributed by atoms with Gasteiger partial charge in [0.25, 0.3) is 9.84 Å². The molecule has 122 valence electrons. The Morgan fingerprint density at radius 3 is 0.900 bits per heavy atom. The van der Waals surface area contributed by atoms with Gasteiger partial charge >= 0.3 is 28.8 Å². The van der Waals surface area contributed by atoms with Gasteiger partial charge < -0.3 is 0 Å². The first-order valence-electron chi connectivity index (χ1n) is 3.76. The average molecular weight is 352 g/mol. The molecule has 0 aliphatic heterocycles. The Hall–Kier alpha value is -0.890. The van der Waals surface area contributed by atoms with E-state index in [0.29, 0.717) is 0 Å². The molecule has 0 N–H and O–H groups in total. The number of halogens is 12. The molecule has 0 saturated heterocycles. The number of hydrogen-bond acceptors (Lipinski definition) is 2. The molecule has 20 heavy (non-hydrogen) atoms. The molecule has 0 aliphatic rings. The Kier molecular flexibility index (Phi) is 4.11. The summed E-state index contributed by atoms with van der Waals surface area (Å²) in [5.41, 5.74) is 0. The van der Waals surface area contributed by atoms with E-state index in [2.05, 4.69) is 0 Å². The summed E-state index contributed by atoms with van der Waals surface area (Å²) in [6.07, 6.45) is -22.6. The first kappa shape index (κ1) is 19.1. The van der Waals surface area contributed by atoms with E-state index >= 15 is 0 Å². The van der Waals surface area contributed by atoms with Crippen molar-refractivity contribution in [3.8, 4) is 0 Å². The van der Waals surface area contributed by atoms with Crippen molar-refractivity contribution in [2.45, 2.75) is 28.8 Å². The summed E-state index contributed by atoms with van der Waals surface area (Å²) in [5.74, 6) is 0. The Morgan fingerprint density at radius 2 is 0.750 bits per heavy atom. The summed E-state index contributed by atoms with van der Waals surface area (Å²) < 4.78 is 164. The van der Waals surface area contributed by atoms with E-state index in [4.69, 9.17) is 0 Å². The summed E-state index contributed by atoms with van der Waals surface area (Å²) >= 11 is 0. The highest BCUT2D eigenvalue weighted by Gasteiger charge is 2.88. The normalized spacial score (nSPS) is 16.4. The standard InChI is InChI=1S/C5F12O2S/c6-1(2(7,8)9,3(10,11)12)20(18,19)5(16,17)4(13,14)15. The summed E-state index contributed by atoms with van der Waals surface area (Å²) in [6.45, 7) is 0. The Labute approximate surface area is 101 Å². The zero-order valence-electron chi connectivity index (χ0n) is 8.26. The molecule has 0 spiro atoms. The SMILES string of the molecule is O=S(=O)(C(F)(F)C(F)(F)F)C(F)(C(F)(F)F)C(F)(F)F. The predicted octanol–water partition coefficient (Wildman–Crippen LogP) is 3.35. The number of hydrogen-bond donors (Lipinski definition) is 0. The molecule has 2 nitrogen and oxygen atoms in total. The van der Waals surface area contributed by atoms with Crippen LogP contribution in [0.1, 0.15) is 0 Å². The smallest absolute Gasteiger partial charge is 0.218 e. The Morgan fingerprint density at radius 1 is 0.500 bits per heavy atom. The van der Waals surface area contributed by atoms with Gasteiger partial charge in [0, 0.05) is 0 Å². The lowest BCUT2D eigenvalue weighted by atomic mass is 10.3. The number of sulfone groups is 1. The van der Waals surface area contributed by atoms with Crippen LogP contribution >= 0.6 is 0 Å². The van der Waals surface area contributed by atoms with Crippen LogP contribution < -0.4 is 0 Å². The van der Waals surface area contributed by atoms with E-state index < -0.39 is 38.6 Å². The average Bonchev–Trinajstić information content (AvgIpc) is 2.10. The zero-order valence-corrected chi connectivity index (χ0v) is 9.08. The van der Waals surface area contributed by atoms with Crippen LogP contribution in [0, 0.1) is 0 Å². The Bertz CT molecular complexity index is 450. The van der Waals surface area contributed by atoms with Gasteiger partial charge in [-0.25, -0.2) is 12.8 Å². The molecule has 0 heterocycles. The molecule has 0 saturated carbocycles. The molecule has 0 aliphatic carbocycles. The molecule has 0 bridgehead atoms. The lowest BCUT2D eigenvalue weighted by Crippen LogP contribution is -2.65. The summed E-state index contributed by atoms with van der Waals surface area (Å²) in [5, 5.41) is -15.4. The van der Waals surface area contributed by atoms with E-state index in [1.54, 1.807) is 0 Å². The van der Waals surface area contributed by atoms with Gasteiger partial charge in [0.1, 0.15) is 0 Å². The highest BCUT2D eigenvalue weighted by atomic mass is 32.2. The van der Waals surface area contributed by atoms with Gasteiger partial charge in [-0.2, -0.15) is 48.3 Å². The summed E-state index contributed by atoms with van der Waals surface area (Å²) in [4.78, 5) is 0. The van der Waals surface area contributed by atoms with Gasteiger partial charge in [-0.05, 0) is 0 Å². The van der Waals surface area contributed by atoms with Crippen molar-refractivity contribution in [2.75, 3.05) is 0 Å². The fraction of sp³-hybridized carbons (Fsp3) is 1.00. The van der Waals surface area contributed by atoms with Crippen LogP contribution in [0.15, 0.2) is 0 Å². The summed E-state index contributed by atoms with van der Waals surface area (Å²) in [6, 6.07) is 0. The van der Waals surface area contributed by atoms with Crippen molar-refractivity contribution < 1.29 is 61.1 Å². The molecule has 0 aromatic rings. The maximum atomic E-state index is 12.8. The Balaban J connectivity index is 6.56. The molecular formula is C5F12O2S. The minimum absolute atomic E-state index is 7.39. The molecule has 0 unspecified atom stereocenters. The first-order valence-corrected chi connectivity index (χ1v) is 5.24. The third kappa shape index (κ3) is 2.28. The molecule has 0 radical (unpaired) electrons. The van der Waals surface area contributed by atoms with Crippen LogP contribution in [0.5, 0.6) is 0 Å². The third-order valence-electron chi connectivity index (χ3n) is 1.77. The van der Waals surface area contributed by atoms with E-state index in [-0.39, 0.29) is 0 Å². The first-order chi connectivity index (χ1) is 8.25. The number of alkyl halides is 12. The van der Waals surface area contributed by atoms with Crippen molar-refractivity contribution in [1.82, 2.24) is 0 Å². The molecule has 0 fully saturated rings. The van der Waals surface area contributed by atoms with E-state index in [1.165, 1.54) is 0 Å². The van der Waals surface area contributed by atoms with Crippen LogP contribution in [-0.4, -0.2) is 37.2 Å². The van der Waals surface area contributed by atoms with Crippen molar-refractivity contribution in [3.05, 3.63) is 0 Å². The molecule has 0 amide bonds. The number of rotatable bonds is 2. The van der Waals surface area contributed by atoms with Gasteiger partial charge in [-0.1, -0.05) is 0 Å². The van der Waals surface area contributed by atoms with Crippen molar-refractivity contribution in [2.24, 2.45) is 0 Å². The van der Waals surface area contributed by atoms with E-state index in [1.807, 2.05) is 0 Å². The van der Waals surface area contributed by atoms with Gasteiger partial charge in [-0.15, -0.1) is 0 Å². The maximum absolute atomic E-state index is 12.8. The maximum Gasteiger partial charge on any atom is 0.469 e. The highest BCUT2D eigenvalue weighted by molar-refractivity contribution is 7.93. The van der Waals surface area contributed by atoms with Gasteiger partial charge in [0.2, 0.25) is 0 Å². The van der Waals surface area contributed by atoms with E-state index in [9.17, 15) is 61.1 Å². The van der Waals surface area contributed by atoms with Crippen LogP contribution in [0.4, 0.5) is 52.7 Å². The van der Waals surface area contributed by atoms with Crippen LogP contribution in [0.25, 0.3) is 0 Å². The van der Waals surface area contributed by atoms with Crippen LogP contribution in [-0.2, 0) is 9.84 Å². The minimum Gasteiger partial charge on any atom is -0.218 e. The monoisotopic (exact) mass is 352 g/mol. The topological polar surface area (TPSA) is 34.1 Å². The molecular weight excluding hydrogens is 352 g/mol. The lowest BCUT2D eigenvalue weighted by molar-refractivity contribution is -0.311. The minimum atomic E-state index is -8.75. The molecule has 0 atom stereocenters. The predicted molar refractivity (Wildman–Crippen MR) is 35.9 cm³/mol. The second-order valence-corrected chi connectivity index (χ2v) is 5.19. The fourth-order valence-corrected chi connectivity index (χ4v) is 2.06. The zero-order chi connectivity index (χ0) is 17.0. The quantitative estimate of drug-likeness (QED) is 0.715. The van der Waals surface area contributed by atoms with Gasteiger partial charge in [0.15, 0.2) is 0 Å². The molecule has 0 aromatic carbocycles. The summed E-state index contributed by atoms with van der Waals surface area (Å²) in [7, 11) is -8.75. The van der Waals surface area contributed by atoms with Gasteiger partial charge in [0.05, 0.1) is 0 Å². The highest BCUT2D eigenvalue weighted by Crippen LogP contribution is 2.56. The van der Waals surface area contributed by atoms with Crippen LogP contribution in [0.3, 0.4) is 0 Å². The molecule has 0 rings (SSSR count). The van der Waals surface area contributed by atoms with Gasteiger partial charge in [-0.3, -0.25) is 0 Å². The largest absolute Gasteiger partial charge is 0.469 e. The second kappa shape index (κ2) is 4.30. The fourth-order valence-electron chi connectivity index (χ4n) is 0.794. The van der Waals surface area contributed by atoms with Crippen molar-refractivity contribution in [1.29, 1.82) is 0 Å². The van der Waals surface area contributed by atoms with Crippen molar-refractivity contribution in [3.63, 3.8) is 0 Å².